The molecule has 2 heterocycles. The Morgan fingerprint density at radius 3 is 2.08 bits per heavy atom. The molecule has 2 aliphatic rings. The number of carbonyl (C=O) groups excluding carboxylic acids is 2. The molecule has 1 aromatic carbocycles. The van der Waals surface area contributed by atoms with Gasteiger partial charge in [0.05, 0.1) is 0 Å². The van der Waals surface area contributed by atoms with Gasteiger partial charge in [0, 0.05) is 31.7 Å². The molecule has 2 atom stereocenters. The second-order valence-corrected chi connectivity index (χ2v) is 6.51. The van der Waals surface area contributed by atoms with E-state index in [1.165, 1.54) is 0 Å². The van der Waals surface area contributed by atoms with Gasteiger partial charge in [-0.1, -0.05) is 17.7 Å². The Hall–Kier alpha value is -2.41. The third-order valence-corrected chi connectivity index (χ3v) is 4.75. The summed E-state index contributed by atoms with van der Waals surface area (Å²) in [6.45, 7) is 3.78. The normalized spacial score (nSPS) is 23.6. The number of nitrogens with zero attached hydrogens (tertiary/aromatic N) is 2. The number of hydrogen-bond acceptors (Lipinski definition) is 4. The molecule has 7 heteroatoms. The third-order valence-electron chi connectivity index (χ3n) is 4.75. The highest BCUT2D eigenvalue weighted by Gasteiger charge is 2.37. The minimum Gasteiger partial charge on any atom is -0.479 e. The molecule has 2 amide bonds. The number of amides is 2. The number of aliphatic carboxylic acids is 1. The molecule has 0 unspecified atom stereocenters. The van der Waals surface area contributed by atoms with Crippen LogP contribution >= 0.6 is 0 Å². The first-order valence-electron chi connectivity index (χ1n) is 8.48. The van der Waals surface area contributed by atoms with E-state index >= 15 is 0 Å². The predicted molar refractivity (Wildman–Crippen MR) is 89.2 cm³/mol. The molecular weight excluding hydrogens is 324 g/mol. The first kappa shape index (κ1) is 17.4. The van der Waals surface area contributed by atoms with Gasteiger partial charge in [-0.2, -0.15) is 0 Å². The highest BCUT2D eigenvalue weighted by molar-refractivity contribution is 5.94. The summed E-state index contributed by atoms with van der Waals surface area (Å²) in [6.07, 6.45) is -0.783. The summed E-state index contributed by atoms with van der Waals surface area (Å²) in [6, 6.07) is 7.44. The summed E-state index contributed by atoms with van der Waals surface area (Å²) < 4.78 is 5.32. The van der Waals surface area contributed by atoms with Crippen molar-refractivity contribution in [1.29, 1.82) is 0 Å². The summed E-state index contributed by atoms with van der Waals surface area (Å²) >= 11 is 0. The number of carbonyl (C=O) groups is 3. The van der Waals surface area contributed by atoms with Crippen LogP contribution in [-0.2, 0) is 14.3 Å². The predicted octanol–water partition coefficient (Wildman–Crippen LogP) is 0.912. The van der Waals surface area contributed by atoms with Gasteiger partial charge in [0.1, 0.15) is 6.10 Å². The van der Waals surface area contributed by atoms with Crippen molar-refractivity contribution in [3.05, 3.63) is 35.4 Å². The lowest BCUT2D eigenvalue weighted by molar-refractivity contribution is -0.155. The van der Waals surface area contributed by atoms with Gasteiger partial charge < -0.3 is 19.6 Å². The van der Waals surface area contributed by atoms with Gasteiger partial charge in [0.25, 0.3) is 11.8 Å². The summed E-state index contributed by atoms with van der Waals surface area (Å²) in [4.78, 5) is 39.3. The molecule has 0 saturated carbocycles. The second kappa shape index (κ2) is 7.23. The first-order chi connectivity index (χ1) is 12.0. The lowest BCUT2D eigenvalue weighted by atomic mass is 10.1. The largest absolute Gasteiger partial charge is 0.479 e. The van der Waals surface area contributed by atoms with Crippen molar-refractivity contribution >= 4 is 17.8 Å². The molecule has 0 radical (unpaired) electrons. The smallest absolute Gasteiger partial charge is 0.332 e. The number of ether oxygens (including phenoxy) is 1. The van der Waals surface area contributed by atoms with Crippen LogP contribution in [0.4, 0.5) is 0 Å². The van der Waals surface area contributed by atoms with Crippen molar-refractivity contribution in [3.8, 4) is 0 Å². The highest BCUT2D eigenvalue weighted by Crippen LogP contribution is 2.22. The molecule has 25 heavy (non-hydrogen) atoms. The minimum atomic E-state index is -1.02. The van der Waals surface area contributed by atoms with Crippen molar-refractivity contribution < 1.29 is 24.2 Å². The van der Waals surface area contributed by atoms with Crippen molar-refractivity contribution in [1.82, 2.24) is 9.80 Å². The summed E-state index contributed by atoms with van der Waals surface area (Å²) in [7, 11) is 0. The van der Waals surface area contributed by atoms with Gasteiger partial charge in [-0.3, -0.25) is 9.59 Å². The molecule has 0 aliphatic carbocycles. The topological polar surface area (TPSA) is 87.2 Å². The Balaban J connectivity index is 1.53. The maximum Gasteiger partial charge on any atom is 0.332 e. The number of carboxylic acids is 1. The maximum absolute atomic E-state index is 12.5. The van der Waals surface area contributed by atoms with Crippen LogP contribution in [0, 0.1) is 6.92 Å². The van der Waals surface area contributed by atoms with Crippen molar-refractivity contribution in [2.24, 2.45) is 0 Å². The lowest BCUT2D eigenvalue weighted by Gasteiger charge is -2.35. The van der Waals surface area contributed by atoms with Crippen molar-refractivity contribution in [2.45, 2.75) is 32.0 Å². The Morgan fingerprint density at radius 1 is 0.960 bits per heavy atom. The zero-order valence-electron chi connectivity index (χ0n) is 14.2. The van der Waals surface area contributed by atoms with Gasteiger partial charge in [-0.25, -0.2) is 4.79 Å². The molecule has 0 spiro atoms. The third kappa shape index (κ3) is 3.82. The molecule has 1 aromatic rings. The lowest BCUT2D eigenvalue weighted by Crippen LogP contribution is -2.53. The molecule has 7 nitrogen and oxygen atoms in total. The molecule has 2 saturated heterocycles. The number of hydrogen-bond donors (Lipinski definition) is 1. The van der Waals surface area contributed by atoms with E-state index in [1.807, 2.05) is 31.2 Å². The van der Waals surface area contributed by atoms with Gasteiger partial charge in [0.15, 0.2) is 6.10 Å². The number of carboxylic acid groups (broad SMARTS) is 1. The monoisotopic (exact) mass is 346 g/mol. The fraction of sp³-hybridized carbons (Fsp3) is 0.500. The first-order valence-corrected chi connectivity index (χ1v) is 8.48. The van der Waals surface area contributed by atoms with Crippen molar-refractivity contribution in [3.63, 3.8) is 0 Å². The molecule has 0 aromatic heterocycles. The summed E-state index contributed by atoms with van der Waals surface area (Å²) in [5.74, 6) is -1.23. The number of piperazine rings is 1. The number of benzene rings is 1. The molecule has 1 N–H and O–H groups in total. The van der Waals surface area contributed by atoms with E-state index in [0.717, 1.165) is 5.56 Å². The zero-order valence-corrected chi connectivity index (χ0v) is 14.2. The van der Waals surface area contributed by atoms with Crippen LogP contribution in [0.2, 0.25) is 0 Å². The summed E-state index contributed by atoms with van der Waals surface area (Å²) in [5, 5.41) is 8.95. The standard InChI is InChI=1S/C18H22N2O5/c1-12-2-4-13(5-3-12)16(21)19-8-10-20(11-9-19)17(22)14-6-7-15(25-14)18(23)24/h2-5,14-15H,6-11H2,1H3,(H,23,24)/t14-,15+/m0/s1. The molecular formula is C18H22N2O5. The zero-order chi connectivity index (χ0) is 18.0. The van der Waals surface area contributed by atoms with Crippen LogP contribution < -0.4 is 0 Å². The Kier molecular flexibility index (Phi) is 5.03. The Labute approximate surface area is 146 Å². The van der Waals surface area contributed by atoms with Crippen LogP contribution in [0.1, 0.15) is 28.8 Å². The van der Waals surface area contributed by atoms with E-state index in [2.05, 4.69) is 0 Å². The molecule has 3 rings (SSSR count). The van der Waals surface area contributed by atoms with Gasteiger partial charge >= 0.3 is 5.97 Å². The minimum absolute atomic E-state index is 0.0323. The van der Waals surface area contributed by atoms with E-state index in [1.54, 1.807) is 9.80 Å². The van der Waals surface area contributed by atoms with E-state index < -0.39 is 18.2 Å². The second-order valence-electron chi connectivity index (χ2n) is 6.51. The maximum atomic E-state index is 12.5. The van der Waals surface area contributed by atoms with Crippen molar-refractivity contribution in [2.75, 3.05) is 26.2 Å². The van der Waals surface area contributed by atoms with Gasteiger partial charge in [0.2, 0.25) is 0 Å². The summed E-state index contributed by atoms with van der Waals surface area (Å²) in [5.41, 5.74) is 1.75. The number of aryl methyl sites for hydroxylation is 1. The van der Waals surface area contributed by atoms with Crippen LogP contribution in [-0.4, -0.2) is 71.1 Å². The molecule has 134 valence electrons. The SMILES string of the molecule is Cc1ccc(C(=O)N2CCN(C(=O)[C@@H]3CC[C@H](C(=O)O)O3)CC2)cc1. The van der Waals surface area contributed by atoms with E-state index in [9.17, 15) is 14.4 Å². The Morgan fingerprint density at radius 2 is 1.52 bits per heavy atom. The van der Waals surface area contributed by atoms with E-state index in [4.69, 9.17) is 9.84 Å². The molecule has 2 fully saturated rings. The van der Waals surface area contributed by atoms with Gasteiger partial charge in [-0.15, -0.1) is 0 Å². The molecule has 2 aliphatic heterocycles. The average molecular weight is 346 g/mol. The van der Waals surface area contributed by atoms with Crippen LogP contribution in [0.15, 0.2) is 24.3 Å². The molecule has 0 bridgehead atoms. The fourth-order valence-electron chi connectivity index (χ4n) is 3.21. The van der Waals surface area contributed by atoms with E-state index in [0.29, 0.717) is 44.6 Å². The highest BCUT2D eigenvalue weighted by atomic mass is 16.5. The Bertz CT molecular complexity index is 665. The number of rotatable bonds is 3. The van der Waals surface area contributed by atoms with E-state index in [-0.39, 0.29) is 11.8 Å². The van der Waals surface area contributed by atoms with Crippen LogP contribution in [0.5, 0.6) is 0 Å². The quantitative estimate of drug-likeness (QED) is 0.879. The van der Waals surface area contributed by atoms with Crippen LogP contribution in [0.25, 0.3) is 0 Å². The van der Waals surface area contributed by atoms with Crippen LogP contribution in [0.3, 0.4) is 0 Å². The fourth-order valence-corrected chi connectivity index (χ4v) is 3.21. The average Bonchev–Trinajstić information content (AvgIpc) is 3.12. The van der Waals surface area contributed by atoms with Gasteiger partial charge in [-0.05, 0) is 31.9 Å².